The number of urea groups is 1. The number of likely N-dealkylation sites (tertiary alicyclic amines) is 1. The Morgan fingerprint density at radius 1 is 1.75 bits per heavy atom. The first-order valence-electron chi connectivity index (χ1n) is 5.31. The van der Waals surface area contributed by atoms with Crippen LogP contribution in [0.25, 0.3) is 0 Å². The van der Waals surface area contributed by atoms with Crippen LogP contribution in [0.1, 0.15) is 12.8 Å². The van der Waals surface area contributed by atoms with Gasteiger partial charge in [-0.05, 0) is 25.3 Å². The van der Waals surface area contributed by atoms with Crippen LogP contribution in [0.2, 0.25) is 0 Å². The molecule has 0 unspecified atom stereocenters. The van der Waals surface area contributed by atoms with E-state index in [0.717, 1.165) is 25.9 Å². The number of nitrogens with one attached hydrogen (secondary N) is 1. The van der Waals surface area contributed by atoms with E-state index in [-0.39, 0.29) is 6.03 Å². The second kappa shape index (κ2) is 5.22. The first-order valence-corrected chi connectivity index (χ1v) is 6.19. The summed E-state index contributed by atoms with van der Waals surface area (Å²) in [6.07, 6.45) is 2.13. The third-order valence-corrected chi connectivity index (χ3v) is 3.32. The fourth-order valence-corrected chi connectivity index (χ4v) is 2.27. The van der Waals surface area contributed by atoms with E-state index in [4.69, 9.17) is 5.73 Å². The molecular weight excluding hydrogens is 226 g/mol. The number of piperidine rings is 1. The van der Waals surface area contributed by atoms with Crippen molar-refractivity contribution in [1.82, 2.24) is 15.1 Å². The Kier molecular flexibility index (Phi) is 3.68. The lowest BCUT2D eigenvalue weighted by atomic mass is 9.99. The van der Waals surface area contributed by atoms with Crippen molar-refractivity contribution in [2.45, 2.75) is 12.8 Å². The predicted molar refractivity (Wildman–Crippen MR) is 62.3 cm³/mol. The van der Waals surface area contributed by atoms with Gasteiger partial charge >= 0.3 is 6.03 Å². The molecule has 0 saturated carbocycles. The zero-order chi connectivity index (χ0) is 11.4. The van der Waals surface area contributed by atoms with Crippen molar-refractivity contribution in [3.8, 4) is 0 Å². The predicted octanol–water partition coefficient (Wildman–Crippen LogP) is 0.741. The zero-order valence-corrected chi connectivity index (χ0v) is 9.74. The van der Waals surface area contributed by atoms with Gasteiger partial charge in [-0.25, -0.2) is 4.79 Å². The normalized spacial score (nSPS) is 20.8. The van der Waals surface area contributed by atoms with Crippen molar-refractivity contribution in [2.75, 3.05) is 25.0 Å². The Morgan fingerprint density at radius 2 is 2.62 bits per heavy atom. The number of nitrogens with zero attached hydrogens (tertiary/aromatic N) is 3. The van der Waals surface area contributed by atoms with Crippen LogP contribution in [0.5, 0.6) is 0 Å². The van der Waals surface area contributed by atoms with Crippen molar-refractivity contribution in [3.63, 3.8) is 0 Å². The van der Waals surface area contributed by atoms with Crippen LogP contribution in [0.3, 0.4) is 0 Å². The summed E-state index contributed by atoms with van der Waals surface area (Å²) in [5.41, 5.74) is 7.21. The van der Waals surface area contributed by atoms with Crippen LogP contribution in [-0.2, 0) is 0 Å². The average molecular weight is 241 g/mol. The van der Waals surface area contributed by atoms with Gasteiger partial charge in [0.2, 0.25) is 5.13 Å². The molecule has 0 radical (unpaired) electrons. The standard InChI is InChI=1S/C9H15N5OS/c10-4-7-2-1-3-14(5-7)9(15)12-8-13-11-6-16-8/h6-7H,1-5,10H2,(H,12,13,15)/t7-/m1/s1. The number of carbonyl (C=O) groups is 1. The Balaban J connectivity index is 1.89. The Labute approximate surface area is 97.8 Å². The number of anilines is 1. The first-order chi connectivity index (χ1) is 7.79. The SMILES string of the molecule is NC[C@H]1CCCN(C(=O)Nc2nncs2)C1. The van der Waals surface area contributed by atoms with Gasteiger partial charge in [0, 0.05) is 13.1 Å². The largest absolute Gasteiger partial charge is 0.330 e. The van der Waals surface area contributed by atoms with Crippen LogP contribution in [0.15, 0.2) is 5.51 Å². The third kappa shape index (κ3) is 2.67. The van der Waals surface area contributed by atoms with Gasteiger partial charge in [0.15, 0.2) is 0 Å². The van der Waals surface area contributed by atoms with Gasteiger partial charge in [0.1, 0.15) is 5.51 Å². The highest BCUT2D eigenvalue weighted by molar-refractivity contribution is 7.13. The minimum atomic E-state index is -0.102. The fourth-order valence-electron chi connectivity index (χ4n) is 1.84. The molecule has 2 rings (SSSR count). The molecule has 88 valence electrons. The number of rotatable bonds is 2. The van der Waals surface area contributed by atoms with E-state index in [1.165, 1.54) is 11.3 Å². The number of hydrogen-bond donors (Lipinski definition) is 2. The maximum atomic E-state index is 11.8. The molecule has 0 aliphatic carbocycles. The molecule has 1 aliphatic heterocycles. The summed E-state index contributed by atoms with van der Waals surface area (Å²) in [7, 11) is 0. The van der Waals surface area contributed by atoms with Crippen LogP contribution in [0.4, 0.5) is 9.93 Å². The van der Waals surface area contributed by atoms with Gasteiger partial charge in [-0.3, -0.25) is 5.32 Å². The zero-order valence-electron chi connectivity index (χ0n) is 8.93. The van der Waals surface area contributed by atoms with Crippen molar-refractivity contribution in [1.29, 1.82) is 0 Å². The van der Waals surface area contributed by atoms with Gasteiger partial charge in [-0.15, -0.1) is 10.2 Å². The summed E-state index contributed by atoms with van der Waals surface area (Å²) < 4.78 is 0. The molecule has 0 spiro atoms. The summed E-state index contributed by atoms with van der Waals surface area (Å²) in [4.78, 5) is 13.6. The van der Waals surface area contributed by atoms with E-state index in [0.29, 0.717) is 17.6 Å². The van der Waals surface area contributed by atoms with Gasteiger partial charge < -0.3 is 10.6 Å². The van der Waals surface area contributed by atoms with E-state index in [2.05, 4.69) is 15.5 Å². The number of aromatic nitrogens is 2. The van der Waals surface area contributed by atoms with E-state index in [1.807, 2.05) is 0 Å². The Morgan fingerprint density at radius 3 is 3.31 bits per heavy atom. The molecule has 1 fully saturated rings. The molecule has 1 aliphatic rings. The van der Waals surface area contributed by atoms with E-state index < -0.39 is 0 Å². The highest BCUT2D eigenvalue weighted by Crippen LogP contribution is 2.17. The maximum Gasteiger partial charge on any atom is 0.323 e. The van der Waals surface area contributed by atoms with Crippen molar-refractivity contribution < 1.29 is 4.79 Å². The summed E-state index contributed by atoms with van der Waals surface area (Å²) in [6, 6.07) is -0.102. The monoisotopic (exact) mass is 241 g/mol. The van der Waals surface area contributed by atoms with Crippen molar-refractivity contribution in [3.05, 3.63) is 5.51 Å². The molecule has 1 aromatic rings. The number of amides is 2. The van der Waals surface area contributed by atoms with Crippen LogP contribution >= 0.6 is 11.3 Å². The number of nitrogens with two attached hydrogens (primary N) is 1. The molecule has 1 saturated heterocycles. The number of carbonyl (C=O) groups excluding carboxylic acids is 1. The average Bonchev–Trinajstić information content (AvgIpc) is 2.82. The van der Waals surface area contributed by atoms with Crippen molar-refractivity contribution in [2.24, 2.45) is 11.7 Å². The minimum absolute atomic E-state index is 0.102. The molecule has 0 aromatic carbocycles. The molecule has 16 heavy (non-hydrogen) atoms. The third-order valence-electron chi connectivity index (χ3n) is 2.71. The molecule has 7 heteroatoms. The topological polar surface area (TPSA) is 84.1 Å². The smallest absolute Gasteiger partial charge is 0.323 e. The second-order valence-corrected chi connectivity index (χ2v) is 4.70. The highest BCUT2D eigenvalue weighted by atomic mass is 32.1. The van der Waals surface area contributed by atoms with Gasteiger partial charge in [-0.1, -0.05) is 11.3 Å². The summed E-state index contributed by atoms with van der Waals surface area (Å²) >= 11 is 1.32. The lowest BCUT2D eigenvalue weighted by Crippen LogP contribution is -2.44. The highest BCUT2D eigenvalue weighted by Gasteiger charge is 2.23. The van der Waals surface area contributed by atoms with E-state index in [1.54, 1.807) is 10.4 Å². The van der Waals surface area contributed by atoms with Crippen molar-refractivity contribution >= 4 is 22.5 Å². The number of hydrogen-bond acceptors (Lipinski definition) is 5. The first kappa shape index (κ1) is 11.3. The van der Waals surface area contributed by atoms with Crippen LogP contribution in [-0.4, -0.2) is 40.8 Å². The molecule has 2 amide bonds. The van der Waals surface area contributed by atoms with E-state index >= 15 is 0 Å². The van der Waals surface area contributed by atoms with Gasteiger partial charge in [0.25, 0.3) is 0 Å². The van der Waals surface area contributed by atoms with E-state index in [9.17, 15) is 4.79 Å². The lowest BCUT2D eigenvalue weighted by Gasteiger charge is -2.31. The van der Waals surface area contributed by atoms with Gasteiger partial charge in [-0.2, -0.15) is 0 Å². The molecule has 6 nitrogen and oxygen atoms in total. The molecule has 0 bridgehead atoms. The summed E-state index contributed by atoms with van der Waals surface area (Å²) in [6.45, 7) is 2.17. The van der Waals surface area contributed by atoms with Crippen LogP contribution < -0.4 is 11.1 Å². The molecule has 2 heterocycles. The second-order valence-electron chi connectivity index (χ2n) is 3.86. The molecular formula is C9H15N5OS. The van der Waals surface area contributed by atoms with Gasteiger partial charge in [0.05, 0.1) is 0 Å². The van der Waals surface area contributed by atoms with Crippen LogP contribution in [0, 0.1) is 5.92 Å². The maximum absolute atomic E-state index is 11.8. The molecule has 3 N–H and O–H groups in total. The Bertz CT molecular complexity index is 342. The summed E-state index contributed by atoms with van der Waals surface area (Å²) in [5, 5.41) is 10.7. The Hall–Kier alpha value is -1.21. The quantitative estimate of drug-likeness (QED) is 0.800. The molecule has 1 aromatic heterocycles. The fraction of sp³-hybridized carbons (Fsp3) is 0.667. The lowest BCUT2D eigenvalue weighted by molar-refractivity contribution is 0.179. The minimum Gasteiger partial charge on any atom is -0.330 e. The summed E-state index contributed by atoms with van der Waals surface area (Å²) in [5.74, 6) is 0.425. The molecule has 1 atom stereocenters.